The van der Waals surface area contributed by atoms with Gasteiger partial charge >= 0.3 is 12.1 Å². The number of piperazine rings is 1. The number of rotatable bonds is 7. The minimum Gasteiger partial charge on any atom is -0.497 e. The second kappa shape index (κ2) is 15.3. The Balaban J connectivity index is 1.23. The number of piperidine rings is 2. The molecule has 13 heteroatoms. The predicted octanol–water partition coefficient (Wildman–Crippen LogP) is 5.22. The number of nitrogens with zero attached hydrogens (tertiary/aromatic N) is 5. The number of urea groups is 1. The van der Waals surface area contributed by atoms with Crippen molar-refractivity contribution < 1.29 is 24.2 Å². The lowest BCUT2D eigenvalue weighted by Gasteiger charge is -2.46. The number of amides is 4. The highest BCUT2D eigenvalue weighted by molar-refractivity contribution is 9.13. The van der Waals surface area contributed by atoms with Crippen LogP contribution in [0.25, 0.3) is 0 Å². The van der Waals surface area contributed by atoms with Crippen LogP contribution in [-0.2, 0) is 17.6 Å². The fourth-order valence-corrected chi connectivity index (χ4v) is 8.67. The quantitative estimate of drug-likeness (QED) is 0.397. The number of carbonyl (C=O) groups is 3. The fourth-order valence-electron chi connectivity index (χ4n) is 7.99. The lowest BCUT2D eigenvalue weighted by molar-refractivity contribution is -0.140. The van der Waals surface area contributed by atoms with Crippen molar-refractivity contribution in [3.05, 3.63) is 56.5 Å². The molecule has 0 aromatic heterocycles. The molecule has 4 aliphatic heterocycles. The molecule has 4 amide bonds. The summed E-state index contributed by atoms with van der Waals surface area (Å²) in [5.41, 5.74) is 2.71. The fraction of sp³-hybridized carbons (Fsp3) is 0.571. The van der Waals surface area contributed by atoms with Crippen LogP contribution in [0, 0.1) is 5.92 Å². The van der Waals surface area contributed by atoms with E-state index in [1.165, 1.54) is 4.90 Å². The molecule has 0 aliphatic carbocycles. The van der Waals surface area contributed by atoms with Crippen molar-refractivity contribution in [2.24, 2.45) is 5.92 Å². The van der Waals surface area contributed by atoms with Gasteiger partial charge in [-0.2, -0.15) is 0 Å². The van der Waals surface area contributed by atoms with Crippen molar-refractivity contribution in [1.29, 1.82) is 0 Å². The summed E-state index contributed by atoms with van der Waals surface area (Å²) in [6.45, 7) is 5.85. The number of ether oxygens (including phenoxy) is 1. The van der Waals surface area contributed by atoms with Crippen LogP contribution in [0.1, 0.15) is 36.8 Å². The molecule has 11 nitrogen and oxygen atoms in total. The van der Waals surface area contributed by atoms with Crippen LogP contribution < -0.4 is 10.1 Å². The van der Waals surface area contributed by atoms with Crippen LogP contribution in [0.3, 0.4) is 0 Å². The molecule has 3 saturated heterocycles. The summed E-state index contributed by atoms with van der Waals surface area (Å²) in [7, 11) is 3.79. The topological polar surface area (TPSA) is 109 Å². The average Bonchev–Trinajstić information content (AvgIpc) is 3.26. The molecule has 4 aliphatic rings. The molecular formula is C35H46Br2N6O5. The summed E-state index contributed by atoms with van der Waals surface area (Å²) in [5, 5.41) is 13.5. The third-order valence-corrected chi connectivity index (χ3v) is 12.7. The molecule has 2 unspecified atom stereocenters. The van der Waals surface area contributed by atoms with E-state index in [4.69, 9.17) is 4.74 Å². The first-order chi connectivity index (χ1) is 23.1. The van der Waals surface area contributed by atoms with Gasteiger partial charge in [-0.15, -0.1) is 0 Å². The molecule has 260 valence electrons. The van der Waals surface area contributed by atoms with Crippen LogP contribution in [0.4, 0.5) is 15.3 Å². The second-order valence-electron chi connectivity index (χ2n) is 13.6. The Kier molecular flexibility index (Phi) is 11.2. The third-order valence-electron chi connectivity index (χ3n) is 10.8. The molecule has 3 atom stereocenters. The number of anilines is 1. The number of halogens is 2. The number of likely N-dealkylation sites (tertiary alicyclic amines) is 2. The van der Waals surface area contributed by atoms with Crippen LogP contribution in [0.2, 0.25) is 0 Å². The Hall–Kier alpha value is -2.87. The largest absolute Gasteiger partial charge is 0.497 e. The number of benzene rings is 2. The molecule has 0 bridgehead atoms. The third kappa shape index (κ3) is 7.79. The number of nitrogens with one attached hydrogen (secondary N) is 1. The Morgan fingerprint density at radius 3 is 2.35 bits per heavy atom. The summed E-state index contributed by atoms with van der Waals surface area (Å²) in [6.07, 6.45) is 3.21. The molecule has 4 heterocycles. The zero-order chi connectivity index (χ0) is 33.9. The van der Waals surface area contributed by atoms with Crippen LogP contribution >= 0.6 is 31.9 Å². The molecule has 2 N–H and O–H groups in total. The molecule has 0 saturated carbocycles. The number of fused-ring (bicyclic) bond motifs is 1. The molecule has 48 heavy (non-hydrogen) atoms. The highest BCUT2D eigenvalue weighted by atomic mass is 79.9. The van der Waals surface area contributed by atoms with Gasteiger partial charge in [0.25, 0.3) is 0 Å². The van der Waals surface area contributed by atoms with Crippen molar-refractivity contribution in [3.8, 4) is 5.75 Å². The van der Waals surface area contributed by atoms with Crippen LogP contribution in [-0.4, -0.2) is 132 Å². The highest BCUT2D eigenvalue weighted by Crippen LogP contribution is 2.34. The van der Waals surface area contributed by atoms with Crippen molar-refractivity contribution in [3.63, 3.8) is 0 Å². The van der Waals surface area contributed by atoms with Crippen LogP contribution in [0.15, 0.2) is 45.3 Å². The Bertz CT molecular complexity index is 1500. The number of methoxy groups -OCH3 is 1. The van der Waals surface area contributed by atoms with Crippen molar-refractivity contribution in [2.45, 2.75) is 56.7 Å². The SMILES string of the molecule is COc1ccc2c(c1)CCN(C1CCN(C(=O)O)[C@@H](C(Cc3ccc(Br)c(Br)c3)C(=O)N3CCN(C4CCN(C)CC4)CC3)C1)C(=O)N2. The van der Waals surface area contributed by atoms with E-state index in [0.717, 1.165) is 70.5 Å². The first-order valence-electron chi connectivity index (χ1n) is 17.0. The lowest BCUT2D eigenvalue weighted by atomic mass is 9.82. The normalized spacial score (nSPS) is 23.7. The van der Waals surface area contributed by atoms with Crippen molar-refractivity contribution in [1.82, 2.24) is 24.5 Å². The number of carbonyl (C=O) groups excluding carboxylic acids is 2. The zero-order valence-corrected chi connectivity index (χ0v) is 30.9. The summed E-state index contributed by atoms with van der Waals surface area (Å²) in [4.78, 5) is 51.1. The van der Waals surface area contributed by atoms with Crippen LogP contribution in [0.5, 0.6) is 5.75 Å². The van der Waals surface area contributed by atoms with Gasteiger partial charge in [0.1, 0.15) is 5.75 Å². The average molecular weight is 791 g/mol. The second-order valence-corrected chi connectivity index (χ2v) is 15.3. The standard InChI is InChI=1S/C35H46Br2N6O5/c1-39-11-8-25(9-12-39)40-15-17-41(18-16-40)33(44)28(19-23-3-5-29(36)30(37)20-23)32-22-26(10-14-43(32)35(46)47)42-13-7-24-21-27(48-2)4-6-31(24)38-34(42)45/h3-6,20-21,25-26,28,32H,7-19,22H2,1-2H3,(H,38,45)(H,46,47)/t26?,28?,32-/m1/s1. The van der Waals surface area contributed by atoms with Gasteiger partial charge in [-0.1, -0.05) is 6.07 Å². The maximum absolute atomic E-state index is 14.6. The van der Waals surface area contributed by atoms with E-state index in [0.29, 0.717) is 51.4 Å². The number of carboxylic acid groups (broad SMARTS) is 1. The minimum atomic E-state index is -1.03. The van der Waals surface area contributed by atoms with Gasteiger partial charge in [-0.05, 0) is 132 Å². The van der Waals surface area contributed by atoms with Crippen molar-refractivity contribution in [2.75, 3.05) is 71.8 Å². The first kappa shape index (κ1) is 35.0. The zero-order valence-electron chi connectivity index (χ0n) is 27.7. The maximum atomic E-state index is 14.6. The molecule has 3 fully saturated rings. The van der Waals surface area contributed by atoms with E-state index >= 15 is 0 Å². The highest BCUT2D eigenvalue weighted by Gasteiger charge is 2.44. The molecule has 2 aromatic rings. The van der Waals surface area contributed by atoms with E-state index in [1.54, 1.807) is 7.11 Å². The number of hydrogen-bond donors (Lipinski definition) is 2. The Labute approximate surface area is 299 Å². The summed E-state index contributed by atoms with van der Waals surface area (Å²) in [5.74, 6) is 0.136. The maximum Gasteiger partial charge on any atom is 0.407 e. The molecular weight excluding hydrogens is 744 g/mol. The Morgan fingerprint density at radius 2 is 1.67 bits per heavy atom. The molecule has 0 radical (unpaired) electrons. The van der Waals surface area contributed by atoms with Gasteiger partial charge in [0, 0.05) is 72.0 Å². The van der Waals surface area contributed by atoms with E-state index in [-0.39, 0.29) is 24.5 Å². The van der Waals surface area contributed by atoms with Crippen molar-refractivity contribution >= 4 is 55.6 Å². The number of hydrogen-bond acceptors (Lipinski definition) is 6. The Morgan fingerprint density at radius 1 is 0.938 bits per heavy atom. The monoisotopic (exact) mass is 788 g/mol. The van der Waals surface area contributed by atoms with Gasteiger partial charge in [-0.25, -0.2) is 9.59 Å². The molecule has 0 spiro atoms. The molecule has 2 aromatic carbocycles. The first-order valence-corrected chi connectivity index (χ1v) is 18.6. The van der Waals surface area contributed by atoms with E-state index < -0.39 is 18.1 Å². The van der Waals surface area contributed by atoms with E-state index in [1.807, 2.05) is 46.2 Å². The summed E-state index contributed by atoms with van der Waals surface area (Å²) in [6, 6.07) is 11.1. The minimum absolute atomic E-state index is 0.00575. The van der Waals surface area contributed by atoms with Gasteiger partial charge < -0.3 is 34.8 Å². The summed E-state index contributed by atoms with van der Waals surface area (Å²) >= 11 is 7.16. The lowest BCUT2D eigenvalue weighted by Crippen LogP contribution is -2.60. The van der Waals surface area contributed by atoms with Gasteiger partial charge in [0.2, 0.25) is 5.91 Å². The smallest absolute Gasteiger partial charge is 0.407 e. The van der Waals surface area contributed by atoms with E-state index in [9.17, 15) is 19.5 Å². The van der Waals surface area contributed by atoms with Gasteiger partial charge in [-0.3, -0.25) is 9.69 Å². The van der Waals surface area contributed by atoms with Gasteiger partial charge in [0.05, 0.1) is 13.0 Å². The van der Waals surface area contributed by atoms with E-state index in [2.05, 4.69) is 54.0 Å². The summed E-state index contributed by atoms with van der Waals surface area (Å²) < 4.78 is 7.20. The predicted molar refractivity (Wildman–Crippen MR) is 192 cm³/mol. The molecule has 6 rings (SSSR count). The van der Waals surface area contributed by atoms with Gasteiger partial charge in [0.15, 0.2) is 0 Å².